The first kappa shape index (κ1) is 10.7. The van der Waals surface area contributed by atoms with E-state index in [1.54, 1.807) is 6.92 Å². The lowest BCUT2D eigenvalue weighted by atomic mass is 10.2. The van der Waals surface area contributed by atoms with Crippen LogP contribution in [0.1, 0.15) is 13.3 Å². The molecule has 1 aliphatic heterocycles. The molecule has 0 aromatic rings. The molecule has 0 bridgehead atoms. The maximum Gasteiger partial charge on any atom is 0.345 e. The van der Waals surface area contributed by atoms with E-state index in [-0.39, 0.29) is 18.3 Å². The van der Waals surface area contributed by atoms with Gasteiger partial charge in [0.2, 0.25) is 0 Å². The highest BCUT2D eigenvalue weighted by atomic mass is 16.6. The predicted molar refractivity (Wildman–Crippen MR) is 46.7 cm³/mol. The summed E-state index contributed by atoms with van der Waals surface area (Å²) >= 11 is 0. The molecule has 1 unspecified atom stereocenters. The number of rotatable bonds is 5. The van der Waals surface area contributed by atoms with E-state index >= 15 is 0 Å². The zero-order chi connectivity index (χ0) is 10.6. The third-order valence-electron chi connectivity index (χ3n) is 1.66. The summed E-state index contributed by atoms with van der Waals surface area (Å²) < 4.78 is 9.54. The molecule has 0 spiro atoms. The third kappa shape index (κ3) is 3.18. The highest BCUT2D eigenvalue weighted by Crippen LogP contribution is 2.10. The molecule has 5 nitrogen and oxygen atoms in total. The summed E-state index contributed by atoms with van der Waals surface area (Å²) in [5, 5.41) is 8.66. The van der Waals surface area contributed by atoms with Crippen molar-refractivity contribution in [1.29, 1.82) is 0 Å². The van der Waals surface area contributed by atoms with Gasteiger partial charge < -0.3 is 14.6 Å². The van der Waals surface area contributed by atoms with Crippen molar-refractivity contribution in [2.45, 2.75) is 19.4 Å². The molecule has 1 atom stereocenters. The van der Waals surface area contributed by atoms with Gasteiger partial charge >= 0.3 is 11.9 Å². The minimum atomic E-state index is -1.26. The molecule has 1 aliphatic rings. The van der Waals surface area contributed by atoms with E-state index in [1.807, 2.05) is 0 Å². The van der Waals surface area contributed by atoms with Gasteiger partial charge in [-0.3, -0.25) is 0 Å². The van der Waals surface area contributed by atoms with E-state index < -0.39 is 11.9 Å². The van der Waals surface area contributed by atoms with Crippen molar-refractivity contribution in [1.82, 2.24) is 0 Å². The largest absolute Gasteiger partial charge is 0.477 e. The standard InChI is InChI=1S/C9H12O5/c1-2-3-7(8(10)11)9(12)14-5-6-4-13-6/h3,6H,2,4-5H2,1H3,(H,10,11)/b7-3-. The lowest BCUT2D eigenvalue weighted by Crippen LogP contribution is -2.17. The zero-order valence-electron chi connectivity index (χ0n) is 7.86. The molecule has 0 aromatic carbocycles. The second-order valence-corrected chi connectivity index (χ2v) is 2.89. The molecule has 0 amide bonds. The Hall–Kier alpha value is -1.36. The first-order valence-electron chi connectivity index (χ1n) is 4.37. The van der Waals surface area contributed by atoms with E-state index in [9.17, 15) is 9.59 Å². The number of carbonyl (C=O) groups is 2. The molecule has 0 saturated carbocycles. The van der Waals surface area contributed by atoms with Gasteiger partial charge in [0.1, 0.15) is 18.3 Å². The maximum absolute atomic E-state index is 11.2. The molecular weight excluding hydrogens is 188 g/mol. The molecule has 5 heteroatoms. The fourth-order valence-electron chi connectivity index (χ4n) is 0.873. The smallest absolute Gasteiger partial charge is 0.345 e. The van der Waals surface area contributed by atoms with Gasteiger partial charge in [0.25, 0.3) is 0 Å². The Morgan fingerprint density at radius 3 is 2.71 bits per heavy atom. The third-order valence-corrected chi connectivity index (χ3v) is 1.66. The molecule has 0 aromatic heterocycles. The van der Waals surface area contributed by atoms with Crippen molar-refractivity contribution >= 4 is 11.9 Å². The topological polar surface area (TPSA) is 76.1 Å². The lowest BCUT2D eigenvalue weighted by Gasteiger charge is -2.02. The van der Waals surface area contributed by atoms with Crippen LogP contribution >= 0.6 is 0 Å². The number of epoxide rings is 1. The van der Waals surface area contributed by atoms with E-state index in [0.717, 1.165) is 0 Å². The molecule has 1 heterocycles. The Morgan fingerprint density at radius 2 is 2.29 bits per heavy atom. The summed E-state index contributed by atoms with van der Waals surface area (Å²) in [6.07, 6.45) is 1.77. The molecule has 1 fully saturated rings. The molecule has 14 heavy (non-hydrogen) atoms. The Balaban J connectivity index is 2.44. The van der Waals surface area contributed by atoms with Crippen LogP contribution in [0.15, 0.2) is 11.6 Å². The first-order chi connectivity index (χ1) is 6.65. The highest BCUT2D eigenvalue weighted by Gasteiger charge is 2.26. The van der Waals surface area contributed by atoms with Crippen molar-refractivity contribution in [2.75, 3.05) is 13.2 Å². The van der Waals surface area contributed by atoms with Crippen LogP contribution in [0.2, 0.25) is 0 Å². The Bertz CT molecular complexity index is 264. The number of esters is 1. The van der Waals surface area contributed by atoms with Crippen molar-refractivity contribution in [3.8, 4) is 0 Å². The number of carboxylic acids is 1. The van der Waals surface area contributed by atoms with Crippen LogP contribution in [-0.4, -0.2) is 36.4 Å². The van der Waals surface area contributed by atoms with Crippen molar-refractivity contribution < 1.29 is 24.2 Å². The summed E-state index contributed by atoms with van der Waals surface area (Å²) in [4.78, 5) is 21.8. The average Bonchev–Trinajstić information content (AvgIpc) is 2.93. The number of ether oxygens (including phenoxy) is 2. The van der Waals surface area contributed by atoms with Gasteiger partial charge in [-0.05, 0) is 6.42 Å². The molecule has 1 N–H and O–H groups in total. The fourth-order valence-corrected chi connectivity index (χ4v) is 0.873. The molecule has 1 saturated heterocycles. The number of hydrogen-bond acceptors (Lipinski definition) is 4. The van der Waals surface area contributed by atoms with Gasteiger partial charge in [-0.15, -0.1) is 0 Å². The molecule has 1 rings (SSSR count). The van der Waals surface area contributed by atoms with Gasteiger partial charge in [0.15, 0.2) is 0 Å². The second-order valence-electron chi connectivity index (χ2n) is 2.89. The SMILES string of the molecule is CC/C=C(/C(=O)O)C(=O)OCC1CO1. The van der Waals surface area contributed by atoms with Gasteiger partial charge in [-0.1, -0.05) is 13.0 Å². The van der Waals surface area contributed by atoms with Crippen LogP contribution in [0, 0.1) is 0 Å². The Labute approximate surface area is 81.3 Å². The minimum absolute atomic E-state index is 0.0457. The number of allylic oxidation sites excluding steroid dienone is 1. The van der Waals surface area contributed by atoms with Crippen molar-refractivity contribution in [3.63, 3.8) is 0 Å². The average molecular weight is 200 g/mol. The summed E-state index contributed by atoms with van der Waals surface area (Å²) in [7, 11) is 0. The number of hydrogen-bond donors (Lipinski definition) is 1. The molecule has 0 radical (unpaired) electrons. The fraction of sp³-hybridized carbons (Fsp3) is 0.556. The highest BCUT2D eigenvalue weighted by molar-refractivity contribution is 6.13. The van der Waals surface area contributed by atoms with E-state index in [2.05, 4.69) is 0 Å². The number of carbonyl (C=O) groups excluding carboxylic acids is 1. The quantitative estimate of drug-likeness (QED) is 0.228. The van der Waals surface area contributed by atoms with Crippen LogP contribution in [0.5, 0.6) is 0 Å². The van der Waals surface area contributed by atoms with Crippen LogP contribution in [-0.2, 0) is 19.1 Å². The van der Waals surface area contributed by atoms with Crippen LogP contribution in [0.25, 0.3) is 0 Å². The second kappa shape index (κ2) is 4.76. The number of aliphatic carboxylic acids is 1. The minimum Gasteiger partial charge on any atom is -0.477 e. The number of carboxylic acid groups (broad SMARTS) is 1. The normalized spacial score (nSPS) is 20.4. The first-order valence-corrected chi connectivity index (χ1v) is 4.37. The molecular formula is C9H12O5. The van der Waals surface area contributed by atoms with Crippen LogP contribution in [0.3, 0.4) is 0 Å². The lowest BCUT2D eigenvalue weighted by molar-refractivity contribution is -0.144. The van der Waals surface area contributed by atoms with Crippen molar-refractivity contribution in [3.05, 3.63) is 11.6 Å². The van der Waals surface area contributed by atoms with E-state index in [1.165, 1.54) is 6.08 Å². The maximum atomic E-state index is 11.2. The van der Waals surface area contributed by atoms with Gasteiger partial charge in [0, 0.05) is 0 Å². The van der Waals surface area contributed by atoms with Gasteiger partial charge in [-0.2, -0.15) is 0 Å². The van der Waals surface area contributed by atoms with E-state index in [0.29, 0.717) is 13.0 Å². The van der Waals surface area contributed by atoms with Crippen LogP contribution in [0.4, 0.5) is 0 Å². The monoisotopic (exact) mass is 200 g/mol. The summed E-state index contributed by atoms with van der Waals surface area (Å²) in [6, 6.07) is 0. The van der Waals surface area contributed by atoms with Crippen LogP contribution < -0.4 is 0 Å². The predicted octanol–water partition coefficient (Wildman–Crippen LogP) is 0.349. The van der Waals surface area contributed by atoms with Gasteiger partial charge in [-0.25, -0.2) is 9.59 Å². The van der Waals surface area contributed by atoms with E-state index in [4.69, 9.17) is 14.6 Å². The van der Waals surface area contributed by atoms with Crippen molar-refractivity contribution in [2.24, 2.45) is 0 Å². The summed E-state index contributed by atoms with van der Waals surface area (Å²) in [5.74, 6) is -2.05. The molecule has 0 aliphatic carbocycles. The zero-order valence-corrected chi connectivity index (χ0v) is 7.86. The summed E-state index contributed by atoms with van der Waals surface area (Å²) in [5.41, 5.74) is -0.312. The Kier molecular flexibility index (Phi) is 3.64. The van der Waals surface area contributed by atoms with Gasteiger partial charge in [0.05, 0.1) is 6.61 Å². The summed E-state index contributed by atoms with van der Waals surface area (Å²) in [6.45, 7) is 2.46. The molecule has 78 valence electrons. The Morgan fingerprint density at radius 1 is 1.64 bits per heavy atom.